The Morgan fingerprint density at radius 3 is 2.94 bits per heavy atom. The van der Waals surface area contributed by atoms with Gasteiger partial charge in [-0.2, -0.15) is 0 Å². The van der Waals surface area contributed by atoms with Crippen LogP contribution in [0.4, 0.5) is 0 Å². The summed E-state index contributed by atoms with van der Waals surface area (Å²) in [6.45, 7) is 4.89. The molecule has 4 heteroatoms. The number of methoxy groups -OCH3 is 1. The Bertz CT molecular complexity index is 497. The van der Waals surface area contributed by atoms with E-state index in [1.807, 2.05) is 19.1 Å². The third-order valence-corrected chi connectivity index (χ3v) is 3.83. The predicted molar refractivity (Wildman–Crippen MR) is 75.1 cm³/mol. The molecular weight excluding hydrogens is 244 g/mol. The first-order chi connectivity index (χ1) is 8.69. The van der Waals surface area contributed by atoms with E-state index in [1.165, 1.54) is 4.88 Å². The Kier molecular flexibility index (Phi) is 4.33. The molecule has 0 saturated carbocycles. The fourth-order valence-electron chi connectivity index (χ4n) is 1.81. The van der Waals surface area contributed by atoms with Gasteiger partial charge in [0.15, 0.2) is 0 Å². The van der Waals surface area contributed by atoms with Gasteiger partial charge in [-0.1, -0.05) is 6.07 Å². The summed E-state index contributed by atoms with van der Waals surface area (Å²) in [6.07, 6.45) is 0. The van der Waals surface area contributed by atoms with Gasteiger partial charge in [0.25, 0.3) is 0 Å². The molecular formula is C14H18N2OS. The number of hydrogen-bond acceptors (Lipinski definition) is 4. The minimum atomic E-state index is 0.346. The zero-order valence-electron chi connectivity index (χ0n) is 10.9. The number of ether oxygens (including phenoxy) is 1. The van der Waals surface area contributed by atoms with Crippen molar-refractivity contribution < 1.29 is 4.74 Å². The first-order valence-electron chi connectivity index (χ1n) is 5.97. The third kappa shape index (κ3) is 3.31. The molecule has 18 heavy (non-hydrogen) atoms. The van der Waals surface area contributed by atoms with Crippen LogP contribution in [0.5, 0.6) is 5.75 Å². The molecule has 0 aliphatic rings. The molecule has 2 heterocycles. The van der Waals surface area contributed by atoms with E-state index in [0.717, 1.165) is 23.7 Å². The highest BCUT2D eigenvalue weighted by atomic mass is 32.1. The summed E-state index contributed by atoms with van der Waals surface area (Å²) in [5, 5.41) is 5.57. The number of aromatic nitrogens is 1. The summed E-state index contributed by atoms with van der Waals surface area (Å²) < 4.78 is 5.25. The molecule has 0 amide bonds. The van der Waals surface area contributed by atoms with Crippen LogP contribution < -0.4 is 10.1 Å². The van der Waals surface area contributed by atoms with Crippen molar-refractivity contribution >= 4 is 11.3 Å². The minimum absolute atomic E-state index is 0.346. The highest BCUT2D eigenvalue weighted by molar-refractivity contribution is 7.10. The topological polar surface area (TPSA) is 34.1 Å². The lowest BCUT2D eigenvalue weighted by atomic mass is 10.2. The standard InChI is InChI=1S/C14H18N2OS/c1-10-7-13(17-3)8-12(16-10)9-15-11(2)14-5-4-6-18-14/h4-8,11,15H,9H2,1-3H3/t11-/m0/s1. The Morgan fingerprint density at radius 2 is 2.28 bits per heavy atom. The number of thiophene rings is 1. The number of rotatable bonds is 5. The minimum Gasteiger partial charge on any atom is -0.497 e. The molecule has 1 atom stereocenters. The van der Waals surface area contributed by atoms with E-state index >= 15 is 0 Å². The molecule has 0 unspecified atom stereocenters. The number of pyridine rings is 1. The van der Waals surface area contributed by atoms with Crippen molar-refractivity contribution in [2.45, 2.75) is 26.4 Å². The molecule has 3 nitrogen and oxygen atoms in total. The number of aryl methyl sites for hydroxylation is 1. The number of nitrogens with zero attached hydrogens (tertiary/aromatic N) is 1. The lowest BCUT2D eigenvalue weighted by Gasteiger charge is -2.12. The molecule has 0 aliphatic carbocycles. The van der Waals surface area contributed by atoms with E-state index in [4.69, 9.17) is 4.74 Å². The van der Waals surface area contributed by atoms with E-state index in [1.54, 1.807) is 18.4 Å². The molecule has 1 N–H and O–H groups in total. The SMILES string of the molecule is COc1cc(C)nc(CN[C@@H](C)c2cccs2)c1. The summed E-state index contributed by atoms with van der Waals surface area (Å²) in [6, 6.07) is 8.48. The summed E-state index contributed by atoms with van der Waals surface area (Å²) in [4.78, 5) is 5.84. The van der Waals surface area contributed by atoms with Crippen LogP contribution in [0.1, 0.15) is 29.2 Å². The Hall–Kier alpha value is -1.39. The van der Waals surface area contributed by atoms with E-state index in [0.29, 0.717) is 6.04 Å². The highest BCUT2D eigenvalue weighted by Crippen LogP contribution is 2.19. The first kappa shape index (κ1) is 13.1. The van der Waals surface area contributed by atoms with Crippen LogP contribution in [-0.2, 0) is 6.54 Å². The van der Waals surface area contributed by atoms with Crippen LogP contribution in [0.15, 0.2) is 29.6 Å². The molecule has 0 saturated heterocycles. The van der Waals surface area contributed by atoms with E-state index in [9.17, 15) is 0 Å². The van der Waals surface area contributed by atoms with Crippen LogP contribution in [0.25, 0.3) is 0 Å². The Morgan fingerprint density at radius 1 is 1.44 bits per heavy atom. The normalized spacial score (nSPS) is 12.4. The van der Waals surface area contributed by atoms with Gasteiger partial charge in [-0.15, -0.1) is 11.3 Å². The lowest BCUT2D eigenvalue weighted by molar-refractivity contribution is 0.412. The fraction of sp³-hybridized carbons (Fsp3) is 0.357. The van der Waals surface area contributed by atoms with Gasteiger partial charge in [-0.05, 0) is 25.3 Å². The summed E-state index contributed by atoms with van der Waals surface area (Å²) >= 11 is 1.77. The number of nitrogens with one attached hydrogen (secondary N) is 1. The average molecular weight is 262 g/mol. The smallest absolute Gasteiger partial charge is 0.122 e. The molecule has 0 bridgehead atoms. The zero-order chi connectivity index (χ0) is 13.0. The predicted octanol–water partition coefficient (Wildman–Crippen LogP) is 3.31. The van der Waals surface area contributed by atoms with Crippen molar-refractivity contribution in [2.75, 3.05) is 7.11 Å². The largest absolute Gasteiger partial charge is 0.497 e. The van der Waals surface area contributed by atoms with Gasteiger partial charge in [-0.25, -0.2) is 0 Å². The van der Waals surface area contributed by atoms with Crippen molar-refractivity contribution in [3.63, 3.8) is 0 Å². The van der Waals surface area contributed by atoms with Crippen molar-refractivity contribution in [2.24, 2.45) is 0 Å². The molecule has 2 aromatic heterocycles. The second kappa shape index (κ2) is 5.98. The maximum absolute atomic E-state index is 5.25. The van der Waals surface area contributed by atoms with Gasteiger partial charge in [0.05, 0.1) is 12.8 Å². The fourth-order valence-corrected chi connectivity index (χ4v) is 2.57. The number of hydrogen-bond donors (Lipinski definition) is 1. The summed E-state index contributed by atoms with van der Waals surface area (Å²) in [5.41, 5.74) is 1.99. The van der Waals surface area contributed by atoms with Gasteiger partial charge in [0, 0.05) is 35.3 Å². The second-order valence-corrected chi connectivity index (χ2v) is 5.24. The molecule has 96 valence electrons. The Balaban J connectivity index is 1.99. The van der Waals surface area contributed by atoms with Crippen LogP contribution >= 0.6 is 11.3 Å². The summed E-state index contributed by atoms with van der Waals surface area (Å²) in [7, 11) is 1.68. The monoisotopic (exact) mass is 262 g/mol. The quantitative estimate of drug-likeness (QED) is 0.897. The second-order valence-electron chi connectivity index (χ2n) is 4.26. The van der Waals surface area contributed by atoms with Crippen molar-refractivity contribution in [3.8, 4) is 5.75 Å². The van der Waals surface area contributed by atoms with E-state index in [-0.39, 0.29) is 0 Å². The van der Waals surface area contributed by atoms with Crippen LogP contribution in [0.2, 0.25) is 0 Å². The molecule has 0 aromatic carbocycles. The van der Waals surface area contributed by atoms with Crippen LogP contribution in [-0.4, -0.2) is 12.1 Å². The lowest BCUT2D eigenvalue weighted by Crippen LogP contribution is -2.18. The van der Waals surface area contributed by atoms with Crippen LogP contribution in [0, 0.1) is 6.92 Å². The molecule has 2 rings (SSSR count). The maximum Gasteiger partial charge on any atom is 0.122 e. The third-order valence-electron chi connectivity index (χ3n) is 2.78. The van der Waals surface area contributed by atoms with E-state index < -0.39 is 0 Å². The van der Waals surface area contributed by atoms with E-state index in [2.05, 4.69) is 34.7 Å². The van der Waals surface area contributed by atoms with Gasteiger partial charge in [-0.3, -0.25) is 4.98 Å². The molecule has 0 aliphatic heterocycles. The van der Waals surface area contributed by atoms with Gasteiger partial charge in [0.2, 0.25) is 0 Å². The van der Waals surface area contributed by atoms with Gasteiger partial charge < -0.3 is 10.1 Å². The summed E-state index contributed by atoms with van der Waals surface area (Å²) in [5.74, 6) is 0.864. The first-order valence-corrected chi connectivity index (χ1v) is 6.85. The zero-order valence-corrected chi connectivity index (χ0v) is 11.8. The molecule has 0 spiro atoms. The maximum atomic E-state index is 5.25. The van der Waals surface area contributed by atoms with Crippen molar-refractivity contribution in [1.82, 2.24) is 10.3 Å². The van der Waals surface area contributed by atoms with Crippen molar-refractivity contribution in [3.05, 3.63) is 45.9 Å². The molecule has 0 fully saturated rings. The highest BCUT2D eigenvalue weighted by Gasteiger charge is 2.07. The van der Waals surface area contributed by atoms with Crippen LogP contribution in [0.3, 0.4) is 0 Å². The van der Waals surface area contributed by atoms with Crippen molar-refractivity contribution in [1.29, 1.82) is 0 Å². The molecule has 0 radical (unpaired) electrons. The molecule has 2 aromatic rings. The van der Waals surface area contributed by atoms with Gasteiger partial charge in [0.1, 0.15) is 5.75 Å². The average Bonchev–Trinajstić information content (AvgIpc) is 2.89. The van der Waals surface area contributed by atoms with Gasteiger partial charge >= 0.3 is 0 Å². The Labute approximate surface area is 112 Å².